The molecule has 1 aromatic heterocycles. The number of nitrogens with zero attached hydrogens (tertiary/aromatic N) is 3. The van der Waals surface area contributed by atoms with Crippen molar-refractivity contribution in [2.45, 2.75) is 32.0 Å². The van der Waals surface area contributed by atoms with E-state index >= 15 is 0 Å². The summed E-state index contributed by atoms with van der Waals surface area (Å²) in [6.07, 6.45) is 5.72. The van der Waals surface area contributed by atoms with Crippen LogP contribution in [-0.2, 0) is 22.7 Å². The number of hydrogen-bond acceptors (Lipinski definition) is 3. The Kier molecular flexibility index (Phi) is 5.31. The molecule has 122 valence electrons. The minimum atomic E-state index is 0.0340. The van der Waals surface area contributed by atoms with Crippen LogP contribution in [0.1, 0.15) is 18.4 Å². The van der Waals surface area contributed by atoms with Crippen molar-refractivity contribution in [2.24, 2.45) is 0 Å². The summed E-state index contributed by atoms with van der Waals surface area (Å²) in [5, 5.41) is 4.88. The molecule has 1 fully saturated rings. The molecule has 0 N–H and O–H groups in total. The van der Waals surface area contributed by atoms with Gasteiger partial charge in [-0.25, -0.2) is 0 Å². The second-order valence-electron chi connectivity index (χ2n) is 5.70. The summed E-state index contributed by atoms with van der Waals surface area (Å²) in [5.74, 6) is 0.0340. The molecule has 0 unspecified atom stereocenters. The number of hydrogen-bond donors (Lipinski definition) is 0. The molecule has 5 nitrogen and oxygen atoms in total. The van der Waals surface area contributed by atoms with Crippen LogP contribution in [-0.4, -0.2) is 39.8 Å². The minimum absolute atomic E-state index is 0.0340. The average Bonchev–Trinajstić information content (AvgIpc) is 3.21. The van der Waals surface area contributed by atoms with Gasteiger partial charge in [-0.2, -0.15) is 5.10 Å². The van der Waals surface area contributed by atoms with Crippen molar-refractivity contribution in [3.63, 3.8) is 0 Å². The summed E-state index contributed by atoms with van der Waals surface area (Å²) in [6, 6.07) is 9.61. The molecule has 0 saturated carbocycles. The van der Waals surface area contributed by atoms with Gasteiger partial charge in [-0.3, -0.25) is 9.48 Å². The Balaban J connectivity index is 1.50. The molecule has 1 aliphatic rings. The molecule has 1 saturated heterocycles. The third kappa shape index (κ3) is 4.12. The first-order chi connectivity index (χ1) is 11.2. The summed E-state index contributed by atoms with van der Waals surface area (Å²) in [4.78, 5) is 14.3. The number of likely N-dealkylation sites (tertiary alicyclic amines) is 1. The fraction of sp³-hybridized carbons (Fsp3) is 0.412. The predicted molar refractivity (Wildman–Crippen MR) is 88.1 cm³/mol. The standard InChI is InChI=1S/C17H20ClN3O2/c18-16-7-2-1-5-14(16)12-23-13-17(22)21-10-3-6-15(21)11-20-9-4-8-19-20/h1-2,4-5,7-9,15H,3,6,10-13H2/t15-/m0/s1. The highest BCUT2D eigenvalue weighted by Crippen LogP contribution is 2.20. The predicted octanol–water partition coefficient (Wildman–Crippen LogP) is 2.74. The van der Waals surface area contributed by atoms with Crippen molar-refractivity contribution in [1.82, 2.24) is 14.7 Å². The topological polar surface area (TPSA) is 47.4 Å². The number of carbonyl (C=O) groups is 1. The van der Waals surface area contributed by atoms with Gasteiger partial charge >= 0.3 is 0 Å². The number of halogens is 1. The number of amides is 1. The maximum atomic E-state index is 12.4. The van der Waals surface area contributed by atoms with Gasteiger partial charge in [-0.05, 0) is 30.5 Å². The van der Waals surface area contributed by atoms with Crippen molar-refractivity contribution in [3.8, 4) is 0 Å². The molecule has 1 atom stereocenters. The van der Waals surface area contributed by atoms with E-state index in [1.807, 2.05) is 46.1 Å². The normalized spacial score (nSPS) is 17.6. The lowest BCUT2D eigenvalue weighted by molar-refractivity contribution is -0.137. The fourth-order valence-electron chi connectivity index (χ4n) is 2.92. The maximum absolute atomic E-state index is 12.4. The SMILES string of the molecule is O=C(COCc1ccccc1Cl)N1CCC[C@H]1Cn1cccn1. The van der Waals surface area contributed by atoms with E-state index in [9.17, 15) is 4.79 Å². The van der Waals surface area contributed by atoms with Crippen LogP contribution in [0.5, 0.6) is 0 Å². The highest BCUT2D eigenvalue weighted by molar-refractivity contribution is 6.31. The number of benzene rings is 1. The van der Waals surface area contributed by atoms with E-state index in [0.717, 1.165) is 31.5 Å². The van der Waals surface area contributed by atoms with Gasteiger partial charge in [-0.1, -0.05) is 29.8 Å². The Morgan fingerprint density at radius 1 is 1.35 bits per heavy atom. The van der Waals surface area contributed by atoms with Crippen LogP contribution in [0.4, 0.5) is 0 Å². The molecule has 0 radical (unpaired) electrons. The summed E-state index contributed by atoms with van der Waals surface area (Å²) in [7, 11) is 0. The number of aromatic nitrogens is 2. The molecule has 1 amide bonds. The molecule has 23 heavy (non-hydrogen) atoms. The molecule has 0 spiro atoms. The molecule has 1 aliphatic heterocycles. The van der Waals surface area contributed by atoms with Gasteiger partial charge in [0.2, 0.25) is 5.91 Å². The number of carbonyl (C=O) groups excluding carboxylic acids is 1. The van der Waals surface area contributed by atoms with Crippen molar-refractivity contribution in [2.75, 3.05) is 13.2 Å². The molecule has 2 heterocycles. The first kappa shape index (κ1) is 16.0. The number of ether oxygens (including phenoxy) is 1. The maximum Gasteiger partial charge on any atom is 0.248 e. The summed E-state index contributed by atoms with van der Waals surface area (Å²) < 4.78 is 7.44. The molecule has 6 heteroatoms. The van der Waals surface area contributed by atoms with Crippen molar-refractivity contribution in [1.29, 1.82) is 0 Å². The first-order valence-electron chi connectivity index (χ1n) is 7.82. The average molecular weight is 334 g/mol. The third-order valence-electron chi connectivity index (χ3n) is 4.10. The van der Waals surface area contributed by atoms with Crippen LogP contribution in [0.25, 0.3) is 0 Å². The molecule has 0 bridgehead atoms. The highest BCUT2D eigenvalue weighted by Gasteiger charge is 2.28. The molecular formula is C17H20ClN3O2. The van der Waals surface area contributed by atoms with Gasteiger partial charge < -0.3 is 9.64 Å². The van der Waals surface area contributed by atoms with Gasteiger partial charge in [0.15, 0.2) is 0 Å². The molecule has 3 rings (SSSR count). The monoisotopic (exact) mass is 333 g/mol. The van der Waals surface area contributed by atoms with E-state index in [1.165, 1.54) is 0 Å². The Hall–Kier alpha value is -1.85. The largest absolute Gasteiger partial charge is 0.367 e. The van der Waals surface area contributed by atoms with Crippen LogP contribution < -0.4 is 0 Å². The summed E-state index contributed by atoms with van der Waals surface area (Å²) in [6.45, 7) is 1.97. The van der Waals surface area contributed by atoms with Gasteiger partial charge in [0.25, 0.3) is 0 Å². The lowest BCUT2D eigenvalue weighted by atomic mass is 10.2. The lowest BCUT2D eigenvalue weighted by Crippen LogP contribution is -2.40. The van der Waals surface area contributed by atoms with Crippen LogP contribution in [0.3, 0.4) is 0 Å². The zero-order valence-electron chi connectivity index (χ0n) is 12.9. The van der Waals surface area contributed by atoms with Gasteiger partial charge in [-0.15, -0.1) is 0 Å². The molecular weight excluding hydrogens is 314 g/mol. The van der Waals surface area contributed by atoms with Crippen LogP contribution in [0, 0.1) is 0 Å². The van der Waals surface area contributed by atoms with E-state index in [4.69, 9.17) is 16.3 Å². The Morgan fingerprint density at radius 2 is 2.22 bits per heavy atom. The fourth-order valence-corrected chi connectivity index (χ4v) is 3.12. The molecule has 2 aromatic rings. The van der Waals surface area contributed by atoms with Gasteiger partial charge in [0.1, 0.15) is 6.61 Å². The first-order valence-corrected chi connectivity index (χ1v) is 8.20. The van der Waals surface area contributed by atoms with Crippen LogP contribution in [0.2, 0.25) is 5.02 Å². The van der Waals surface area contributed by atoms with Crippen molar-refractivity contribution in [3.05, 3.63) is 53.3 Å². The smallest absolute Gasteiger partial charge is 0.248 e. The second kappa shape index (κ2) is 7.62. The molecule has 1 aromatic carbocycles. The third-order valence-corrected chi connectivity index (χ3v) is 4.46. The van der Waals surface area contributed by atoms with Crippen molar-refractivity contribution >= 4 is 17.5 Å². The van der Waals surface area contributed by atoms with E-state index in [2.05, 4.69) is 5.10 Å². The lowest BCUT2D eigenvalue weighted by Gasteiger charge is -2.24. The Morgan fingerprint density at radius 3 is 3.00 bits per heavy atom. The van der Waals surface area contributed by atoms with Crippen molar-refractivity contribution < 1.29 is 9.53 Å². The van der Waals surface area contributed by atoms with Gasteiger partial charge in [0.05, 0.1) is 19.2 Å². The van der Waals surface area contributed by atoms with E-state index in [1.54, 1.807) is 6.20 Å². The van der Waals surface area contributed by atoms with E-state index in [-0.39, 0.29) is 18.6 Å². The van der Waals surface area contributed by atoms with Crippen LogP contribution in [0.15, 0.2) is 42.7 Å². The Labute approximate surface area is 140 Å². The summed E-state index contributed by atoms with van der Waals surface area (Å²) in [5.41, 5.74) is 0.900. The van der Waals surface area contributed by atoms with Gasteiger partial charge in [0, 0.05) is 24.0 Å². The minimum Gasteiger partial charge on any atom is -0.367 e. The zero-order valence-corrected chi connectivity index (χ0v) is 13.7. The number of rotatable bonds is 6. The van der Waals surface area contributed by atoms with E-state index in [0.29, 0.717) is 11.6 Å². The second-order valence-corrected chi connectivity index (χ2v) is 6.10. The Bertz CT molecular complexity index is 645. The highest BCUT2D eigenvalue weighted by atomic mass is 35.5. The summed E-state index contributed by atoms with van der Waals surface area (Å²) >= 11 is 6.08. The quantitative estimate of drug-likeness (QED) is 0.816. The van der Waals surface area contributed by atoms with E-state index < -0.39 is 0 Å². The van der Waals surface area contributed by atoms with Crippen LogP contribution >= 0.6 is 11.6 Å². The zero-order chi connectivity index (χ0) is 16.1. The molecule has 0 aliphatic carbocycles.